The Bertz CT molecular complexity index is 1990. The van der Waals surface area contributed by atoms with Crippen molar-refractivity contribution in [2.45, 2.75) is 12.8 Å². The molecule has 0 bridgehead atoms. The molecular weight excluding hydrogens is 715 g/mol. The van der Waals surface area contributed by atoms with Crippen LogP contribution < -0.4 is 24.8 Å². The fourth-order valence-corrected chi connectivity index (χ4v) is 11.3. The van der Waals surface area contributed by atoms with Crippen LogP contribution in [0.25, 0.3) is 33.4 Å². The normalized spacial score (nSPS) is 14.0. The molecule has 0 aliphatic heterocycles. The second-order valence-corrected chi connectivity index (χ2v) is 15.7. The first-order valence-corrected chi connectivity index (χ1v) is 18.8. The number of benzene rings is 6. The van der Waals surface area contributed by atoms with Crippen molar-refractivity contribution in [3.05, 3.63) is 222 Å². The minimum atomic E-state index is -1.29. The second kappa shape index (κ2) is 16.0. The molecule has 0 saturated carbocycles. The average molecular weight is 749 g/mol. The van der Waals surface area contributed by atoms with Crippen molar-refractivity contribution in [2.24, 2.45) is 0 Å². The molecule has 0 aromatic heterocycles. The van der Waals surface area contributed by atoms with Gasteiger partial charge < -0.3 is 24.8 Å². The molecule has 8 rings (SSSR count). The van der Waals surface area contributed by atoms with E-state index in [-0.39, 0.29) is 24.8 Å². The molecule has 0 saturated heterocycles. The molecule has 0 nitrogen and oxygen atoms in total. The summed E-state index contributed by atoms with van der Waals surface area (Å²) < 4.78 is 3.31. The third-order valence-corrected chi connectivity index (χ3v) is 12.8. The number of halogens is 2. The van der Waals surface area contributed by atoms with E-state index in [1.54, 1.807) is 6.56 Å². The van der Waals surface area contributed by atoms with E-state index >= 15 is 0 Å². The molecule has 6 aromatic carbocycles. The molecule has 0 heterocycles. The fourth-order valence-electron chi connectivity index (χ4n) is 7.17. The van der Waals surface area contributed by atoms with E-state index in [1.807, 2.05) is 0 Å². The summed E-state index contributed by atoms with van der Waals surface area (Å²) in [4.78, 5) is 0. The molecule has 2 aliphatic rings. The molecule has 0 atom stereocenters. The van der Waals surface area contributed by atoms with Crippen molar-refractivity contribution in [2.75, 3.05) is 0 Å². The van der Waals surface area contributed by atoms with E-state index in [0.717, 1.165) is 12.8 Å². The molecule has 0 radical (unpaired) electrons. The first kappa shape index (κ1) is 34.6. The van der Waals surface area contributed by atoms with E-state index in [4.69, 9.17) is 0 Å². The van der Waals surface area contributed by atoms with Gasteiger partial charge in [0.1, 0.15) is 0 Å². The maximum absolute atomic E-state index is 2.32. The van der Waals surface area contributed by atoms with Crippen molar-refractivity contribution < 1.29 is 48.0 Å². The molecule has 6 aromatic rings. The van der Waals surface area contributed by atoms with Gasteiger partial charge in [0.2, 0.25) is 0 Å². The van der Waals surface area contributed by atoms with Gasteiger partial charge in [0.15, 0.2) is 0 Å². The summed E-state index contributed by atoms with van der Waals surface area (Å²) in [6, 6.07) is 66.6. The van der Waals surface area contributed by atoms with Gasteiger partial charge in [0.05, 0.1) is 0 Å². The summed E-state index contributed by atoms with van der Waals surface area (Å²) >= 11 is -1.29. The molecule has 3 heteroatoms. The van der Waals surface area contributed by atoms with Crippen LogP contribution >= 0.6 is 0 Å². The Morgan fingerprint density at radius 3 is 0.755 bits per heavy atom. The van der Waals surface area contributed by atoms with Crippen molar-refractivity contribution in [3.8, 4) is 0 Å². The van der Waals surface area contributed by atoms with Gasteiger partial charge >= 0.3 is 291 Å². The van der Waals surface area contributed by atoms with Crippen molar-refractivity contribution in [3.63, 3.8) is 0 Å². The van der Waals surface area contributed by atoms with Crippen LogP contribution in [0.3, 0.4) is 0 Å². The number of hydrogen-bond donors (Lipinski definition) is 0. The first-order valence-electron chi connectivity index (χ1n) is 16.4. The predicted octanol–water partition coefficient (Wildman–Crippen LogP) is 5.93. The van der Waals surface area contributed by atoms with Crippen LogP contribution in [0.4, 0.5) is 0 Å². The zero-order valence-corrected chi connectivity index (χ0v) is 31.0. The van der Waals surface area contributed by atoms with Crippen LogP contribution in [0.15, 0.2) is 189 Å². The van der Waals surface area contributed by atoms with Gasteiger partial charge in [-0.15, -0.1) is 0 Å². The molecule has 0 spiro atoms. The summed E-state index contributed by atoms with van der Waals surface area (Å²) in [6.07, 6.45) is 2.00. The molecule has 0 amide bonds. The summed E-state index contributed by atoms with van der Waals surface area (Å²) in [7, 11) is 0. The minimum absolute atomic E-state index is 0. The first-order chi connectivity index (χ1) is 23.3. The number of rotatable bonds is 8. The summed E-state index contributed by atoms with van der Waals surface area (Å²) in [5, 5.41) is 0. The second-order valence-electron chi connectivity index (χ2n) is 12.1. The van der Waals surface area contributed by atoms with Gasteiger partial charge in [0, 0.05) is 0 Å². The SMILES string of the molecule is [Cl-].[Cl-].c1ccc(C2=C(c3ccccc3)C(c3ccccc3)=[C]([Zr+2][C]3=C(c4ccccc4)C(c4ccccc4)=C(c4ccccc4)C3)C2)cc1. The zero-order chi connectivity index (χ0) is 31.4. The molecule has 0 N–H and O–H groups in total. The Balaban J connectivity index is 0.00000208. The Labute approximate surface area is 314 Å². The topological polar surface area (TPSA) is 0 Å². The van der Waals surface area contributed by atoms with Gasteiger partial charge in [-0.25, -0.2) is 0 Å². The maximum atomic E-state index is 2.32. The summed E-state index contributed by atoms with van der Waals surface area (Å²) in [5.41, 5.74) is 16.5. The van der Waals surface area contributed by atoms with Gasteiger partial charge in [-0.1, -0.05) is 0 Å². The van der Waals surface area contributed by atoms with Gasteiger partial charge in [-0.2, -0.15) is 0 Å². The van der Waals surface area contributed by atoms with Crippen LogP contribution in [-0.2, 0) is 23.2 Å². The standard InChI is InChI=1S/2C23H17.2ClH.Zr/c2*1-4-10-18(11-5-1)21-16-17-22(19-12-6-2-7-13-19)23(21)20-14-8-3-9-15-20;;;/h2*1-15H,16H2;2*1H;/q;;;;+2/p-2. The quantitative estimate of drug-likeness (QED) is 0.181. The van der Waals surface area contributed by atoms with E-state index in [1.165, 1.54) is 66.8 Å². The van der Waals surface area contributed by atoms with Gasteiger partial charge in [0.25, 0.3) is 0 Å². The van der Waals surface area contributed by atoms with Crippen LogP contribution in [-0.4, -0.2) is 0 Å². The molecular formula is C46H34Cl2Zr. The molecule has 236 valence electrons. The number of hydrogen-bond acceptors (Lipinski definition) is 0. The summed E-state index contributed by atoms with van der Waals surface area (Å²) in [5.74, 6) is 0. The fraction of sp³-hybridized carbons (Fsp3) is 0.0435. The van der Waals surface area contributed by atoms with Crippen LogP contribution in [0, 0.1) is 0 Å². The zero-order valence-electron chi connectivity index (χ0n) is 27.0. The van der Waals surface area contributed by atoms with Crippen molar-refractivity contribution in [1.29, 1.82) is 0 Å². The van der Waals surface area contributed by atoms with Gasteiger partial charge in [-0.05, 0) is 0 Å². The summed E-state index contributed by atoms with van der Waals surface area (Å²) in [6.45, 7) is 0. The van der Waals surface area contributed by atoms with Crippen LogP contribution in [0.5, 0.6) is 0 Å². The van der Waals surface area contributed by atoms with Crippen LogP contribution in [0.2, 0.25) is 0 Å². The van der Waals surface area contributed by atoms with Crippen molar-refractivity contribution >= 4 is 33.4 Å². The third-order valence-electron chi connectivity index (χ3n) is 9.21. The monoisotopic (exact) mass is 746 g/mol. The van der Waals surface area contributed by atoms with Crippen molar-refractivity contribution in [1.82, 2.24) is 0 Å². The Morgan fingerprint density at radius 1 is 0.265 bits per heavy atom. The molecule has 0 fully saturated rings. The number of allylic oxidation sites excluding steroid dienone is 8. The molecule has 49 heavy (non-hydrogen) atoms. The van der Waals surface area contributed by atoms with E-state index < -0.39 is 23.2 Å². The Kier molecular flexibility index (Phi) is 11.3. The molecule has 0 unspecified atom stereocenters. The third kappa shape index (κ3) is 7.08. The average Bonchev–Trinajstić information content (AvgIpc) is 3.73. The van der Waals surface area contributed by atoms with E-state index in [9.17, 15) is 0 Å². The predicted molar refractivity (Wildman–Crippen MR) is 195 cm³/mol. The van der Waals surface area contributed by atoms with E-state index in [0.29, 0.717) is 0 Å². The van der Waals surface area contributed by atoms with Crippen LogP contribution in [0.1, 0.15) is 46.2 Å². The Hall–Kier alpha value is -4.26. The molecule has 2 aliphatic carbocycles. The van der Waals surface area contributed by atoms with E-state index in [2.05, 4.69) is 182 Å². The Morgan fingerprint density at radius 2 is 0.490 bits per heavy atom. The van der Waals surface area contributed by atoms with Gasteiger partial charge in [-0.3, -0.25) is 0 Å².